The molecule has 7 nitrogen and oxygen atoms in total. The lowest BCUT2D eigenvalue weighted by molar-refractivity contribution is -0.141. The maximum Gasteiger partial charge on any atom is 0.433 e. The Bertz CT molecular complexity index is 1140. The Balaban J connectivity index is 1.39. The summed E-state index contributed by atoms with van der Waals surface area (Å²) in [7, 11) is 0. The molecular weight excluding hydrogens is 479 g/mol. The fourth-order valence-electron chi connectivity index (χ4n) is 3.86. The third-order valence-electron chi connectivity index (χ3n) is 5.70. The lowest BCUT2D eigenvalue weighted by Crippen LogP contribution is -2.38. The molecule has 1 aliphatic heterocycles. The van der Waals surface area contributed by atoms with Gasteiger partial charge < -0.3 is 14.6 Å². The molecule has 1 fully saturated rings. The second kappa shape index (κ2) is 11.1. The molecule has 1 atom stereocenters. The molecule has 3 aromatic rings. The average molecular weight is 506 g/mol. The molecule has 0 spiro atoms. The first-order valence-corrected chi connectivity index (χ1v) is 12.4. The van der Waals surface area contributed by atoms with Gasteiger partial charge in [-0.05, 0) is 50.5 Å². The number of pyridine rings is 1. The topological polar surface area (TPSA) is 84.2 Å². The fourth-order valence-corrected chi connectivity index (χ4v) is 4.61. The van der Waals surface area contributed by atoms with Crippen LogP contribution in [0.25, 0.3) is 0 Å². The molecule has 0 saturated carbocycles. The first-order chi connectivity index (χ1) is 16.8. The van der Waals surface area contributed by atoms with E-state index in [2.05, 4.69) is 20.3 Å². The Hall–Kier alpha value is -3.08. The van der Waals surface area contributed by atoms with Crippen LogP contribution in [0.1, 0.15) is 53.9 Å². The molecule has 0 aliphatic carbocycles. The lowest BCUT2D eigenvalue weighted by Gasteiger charge is -2.34. The highest BCUT2D eigenvalue weighted by Crippen LogP contribution is 2.34. The van der Waals surface area contributed by atoms with Crippen LogP contribution in [-0.2, 0) is 18.3 Å². The molecule has 3 aromatic heterocycles. The predicted octanol–water partition coefficient (Wildman–Crippen LogP) is 5.13. The number of aromatic nitrogens is 3. The Morgan fingerprint density at radius 2 is 2.09 bits per heavy atom. The molecule has 4 rings (SSSR count). The van der Waals surface area contributed by atoms with Crippen LogP contribution in [0.2, 0.25) is 0 Å². The Kier molecular flexibility index (Phi) is 7.94. The third kappa shape index (κ3) is 6.74. The Morgan fingerprint density at radius 3 is 2.83 bits per heavy atom. The normalized spacial score (nSPS) is 16.3. The van der Waals surface area contributed by atoms with Crippen molar-refractivity contribution in [1.82, 2.24) is 20.3 Å². The summed E-state index contributed by atoms with van der Waals surface area (Å²) in [5.74, 6) is 0.689. The standard InChI is InChI=1S/C24H26F3N5O2S/c1-16-6-3-5-13-32(16)21-14-20(24(25,26)27)30-23(31-21)35-15-18-8-9-19(34-18)22(33)29-12-10-17-7-2-4-11-28-17/h2,4,7-9,11,14,16H,3,5-6,10,12-13,15H2,1H3,(H,29,33). The van der Waals surface area contributed by atoms with Crippen LogP contribution in [0.4, 0.5) is 19.0 Å². The van der Waals surface area contributed by atoms with E-state index in [9.17, 15) is 18.0 Å². The fraction of sp³-hybridized carbons (Fsp3) is 0.417. The van der Waals surface area contributed by atoms with E-state index in [4.69, 9.17) is 4.42 Å². The van der Waals surface area contributed by atoms with Crippen molar-refractivity contribution in [3.8, 4) is 0 Å². The highest BCUT2D eigenvalue weighted by Gasteiger charge is 2.35. The molecule has 1 aliphatic rings. The number of halogens is 3. The SMILES string of the molecule is CC1CCCCN1c1cc(C(F)(F)F)nc(SCc2ccc(C(=O)NCCc3ccccn3)o2)n1. The number of nitrogens with zero attached hydrogens (tertiary/aromatic N) is 4. The van der Waals surface area contributed by atoms with Crippen LogP contribution in [-0.4, -0.2) is 40.0 Å². The molecule has 0 radical (unpaired) electrons. The van der Waals surface area contributed by atoms with Gasteiger partial charge in [-0.25, -0.2) is 9.97 Å². The second-order valence-corrected chi connectivity index (χ2v) is 9.25. The van der Waals surface area contributed by atoms with Crippen LogP contribution in [0.15, 0.2) is 52.2 Å². The minimum Gasteiger partial charge on any atom is -0.455 e. The van der Waals surface area contributed by atoms with E-state index in [1.807, 2.05) is 30.0 Å². The number of carbonyl (C=O) groups excluding carboxylic acids is 1. The lowest BCUT2D eigenvalue weighted by atomic mass is 10.0. The monoisotopic (exact) mass is 505 g/mol. The maximum atomic E-state index is 13.5. The van der Waals surface area contributed by atoms with Gasteiger partial charge in [0.15, 0.2) is 16.6 Å². The molecule has 1 unspecified atom stereocenters. The van der Waals surface area contributed by atoms with Crippen molar-refractivity contribution in [2.75, 3.05) is 18.0 Å². The quantitative estimate of drug-likeness (QED) is 0.336. The van der Waals surface area contributed by atoms with E-state index >= 15 is 0 Å². The van der Waals surface area contributed by atoms with E-state index in [-0.39, 0.29) is 34.4 Å². The van der Waals surface area contributed by atoms with Crippen LogP contribution in [0.5, 0.6) is 0 Å². The largest absolute Gasteiger partial charge is 0.455 e. The van der Waals surface area contributed by atoms with Crippen molar-refractivity contribution in [3.63, 3.8) is 0 Å². The molecule has 1 N–H and O–H groups in total. The van der Waals surface area contributed by atoms with Gasteiger partial charge in [0.1, 0.15) is 11.6 Å². The molecule has 0 aromatic carbocycles. The molecule has 4 heterocycles. The van der Waals surface area contributed by atoms with Crippen molar-refractivity contribution in [3.05, 3.63) is 65.5 Å². The van der Waals surface area contributed by atoms with Gasteiger partial charge in [0.25, 0.3) is 5.91 Å². The van der Waals surface area contributed by atoms with Gasteiger partial charge in [-0.2, -0.15) is 13.2 Å². The molecule has 1 amide bonds. The van der Waals surface area contributed by atoms with Crippen molar-refractivity contribution in [2.24, 2.45) is 0 Å². The summed E-state index contributed by atoms with van der Waals surface area (Å²) in [5, 5.41) is 2.79. The van der Waals surface area contributed by atoms with E-state index in [0.717, 1.165) is 42.8 Å². The zero-order valence-electron chi connectivity index (χ0n) is 19.2. The first kappa shape index (κ1) is 25.0. The van der Waals surface area contributed by atoms with Crippen LogP contribution >= 0.6 is 11.8 Å². The average Bonchev–Trinajstić information content (AvgIpc) is 3.32. The third-order valence-corrected chi connectivity index (χ3v) is 6.57. The van der Waals surface area contributed by atoms with Crippen molar-refractivity contribution >= 4 is 23.5 Å². The van der Waals surface area contributed by atoms with Crippen molar-refractivity contribution < 1.29 is 22.4 Å². The van der Waals surface area contributed by atoms with Gasteiger partial charge in [-0.1, -0.05) is 17.8 Å². The summed E-state index contributed by atoms with van der Waals surface area (Å²) in [5.41, 5.74) is -0.0982. The number of nitrogens with one attached hydrogen (secondary N) is 1. The van der Waals surface area contributed by atoms with E-state index in [1.165, 1.54) is 0 Å². The minimum absolute atomic E-state index is 0.0189. The smallest absolute Gasteiger partial charge is 0.433 e. The number of anilines is 1. The Morgan fingerprint density at radius 1 is 1.23 bits per heavy atom. The van der Waals surface area contributed by atoms with Gasteiger partial charge in [-0.15, -0.1) is 0 Å². The van der Waals surface area contributed by atoms with Gasteiger partial charge >= 0.3 is 6.18 Å². The number of carbonyl (C=O) groups is 1. The molecule has 35 heavy (non-hydrogen) atoms. The number of thioether (sulfide) groups is 1. The molecule has 186 valence electrons. The summed E-state index contributed by atoms with van der Waals surface area (Å²) in [4.78, 5) is 26.6. The highest BCUT2D eigenvalue weighted by atomic mass is 32.2. The van der Waals surface area contributed by atoms with E-state index in [1.54, 1.807) is 18.3 Å². The predicted molar refractivity (Wildman–Crippen MR) is 126 cm³/mol. The number of piperidine rings is 1. The van der Waals surface area contributed by atoms with Gasteiger partial charge in [0.05, 0.1) is 5.75 Å². The summed E-state index contributed by atoms with van der Waals surface area (Å²) < 4.78 is 46.1. The van der Waals surface area contributed by atoms with Crippen LogP contribution in [0.3, 0.4) is 0 Å². The number of rotatable bonds is 8. The van der Waals surface area contributed by atoms with Crippen molar-refractivity contribution in [1.29, 1.82) is 0 Å². The highest BCUT2D eigenvalue weighted by molar-refractivity contribution is 7.98. The summed E-state index contributed by atoms with van der Waals surface area (Å²) >= 11 is 1.04. The molecule has 1 saturated heterocycles. The summed E-state index contributed by atoms with van der Waals surface area (Å²) in [6.45, 7) is 3.06. The second-order valence-electron chi connectivity index (χ2n) is 8.31. The number of alkyl halides is 3. The zero-order valence-corrected chi connectivity index (χ0v) is 20.0. The number of hydrogen-bond donors (Lipinski definition) is 1. The van der Waals surface area contributed by atoms with E-state index < -0.39 is 11.9 Å². The van der Waals surface area contributed by atoms with Gasteiger partial charge in [-0.3, -0.25) is 9.78 Å². The maximum absolute atomic E-state index is 13.5. The first-order valence-electron chi connectivity index (χ1n) is 11.4. The number of furan rings is 1. The van der Waals surface area contributed by atoms with Crippen molar-refractivity contribution in [2.45, 2.75) is 55.7 Å². The van der Waals surface area contributed by atoms with E-state index in [0.29, 0.717) is 25.3 Å². The molecule has 11 heteroatoms. The molecular formula is C24H26F3N5O2S. The Labute approximate surface area is 205 Å². The minimum atomic E-state index is -4.57. The van der Waals surface area contributed by atoms with Crippen LogP contribution in [0, 0.1) is 0 Å². The number of hydrogen-bond acceptors (Lipinski definition) is 7. The summed E-state index contributed by atoms with van der Waals surface area (Å²) in [6.07, 6.45) is 0.578. The molecule has 0 bridgehead atoms. The number of amides is 1. The van der Waals surface area contributed by atoms with Gasteiger partial charge in [0, 0.05) is 43.5 Å². The van der Waals surface area contributed by atoms with Crippen LogP contribution < -0.4 is 10.2 Å². The zero-order chi connectivity index (χ0) is 24.8. The summed E-state index contributed by atoms with van der Waals surface area (Å²) in [6, 6.07) is 9.88. The van der Waals surface area contributed by atoms with Gasteiger partial charge in [0.2, 0.25) is 0 Å².